The van der Waals surface area contributed by atoms with Gasteiger partial charge in [0, 0.05) is 23.4 Å². The number of nitriles is 1. The Morgan fingerprint density at radius 1 is 1.15 bits per heavy atom. The molecule has 1 atom stereocenters. The van der Waals surface area contributed by atoms with Crippen molar-refractivity contribution in [1.29, 1.82) is 5.26 Å². The van der Waals surface area contributed by atoms with Gasteiger partial charge in [-0.2, -0.15) is 5.26 Å². The summed E-state index contributed by atoms with van der Waals surface area (Å²) >= 11 is 1.51. The maximum atomic E-state index is 14.1. The zero-order chi connectivity index (χ0) is 23.9. The highest BCUT2D eigenvalue weighted by Crippen LogP contribution is 2.55. The molecule has 34 heavy (non-hydrogen) atoms. The molecule has 0 radical (unpaired) electrons. The van der Waals surface area contributed by atoms with Crippen LogP contribution in [0.5, 0.6) is 5.75 Å². The lowest BCUT2D eigenvalue weighted by molar-refractivity contribution is -0.123. The third kappa shape index (κ3) is 3.42. The summed E-state index contributed by atoms with van der Waals surface area (Å²) in [6.07, 6.45) is 0. The maximum Gasteiger partial charge on any atom is 0.268 e. The number of carbonyl (C=O) groups excluding carboxylic acids is 2. The fourth-order valence-electron chi connectivity index (χ4n) is 4.70. The number of amides is 2. The molecule has 2 aliphatic heterocycles. The van der Waals surface area contributed by atoms with Crippen molar-refractivity contribution in [2.45, 2.75) is 18.3 Å². The first-order chi connectivity index (χ1) is 16.5. The van der Waals surface area contributed by atoms with E-state index in [-0.39, 0.29) is 11.8 Å². The summed E-state index contributed by atoms with van der Waals surface area (Å²) in [5.74, 6) is 1.03. The van der Waals surface area contributed by atoms with Gasteiger partial charge >= 0.3 is 0 Å². The highest BCUT2D eigenvalue weighted by molar-refractivity contribution is 8.01. The summed E-state index contributed by atoms with van der Waals surface area (Å²) in [4.78, 5) is 30.1. The lowest BCUT2D eigenvalue weighted by atomic mass is 10.0. The van der Waals surface area contributed by atoms with Gasteiger partial charge in [-0.3, -0.25) is 9.59 Å². The summed E-state index contributed by atoms with van der Waals surface area (Å²) in [7, 11) is 1.58. The van der Waals surface area contributed by atoms with E-state index in [0.717, 1.165) is 22.4 Å². The number of carbonyl (C=O) groups is 2. The van der Waals surface area contributed by atoms with E-state index in [1.54, 1.807) is 53.3 Å². The quantitative estimate of drug-likeness (QED) is 0.564. The van der Waals surface area contributed by atoms with Crippen molar-refractivity contribution in [3.8, 4) is 11.8 Å². The molecule has 0 aliphatic carbocycles. The van der Waals surface area contributed by atoms with Crippen LogP contribution in [-0.4, -0.2) is 36.1 Å². The van der Waals surface area contributed by atoms with Crippen LogP contribution in [0.4, 0.5) is 5.69 Å². The first kappa shape index (κ1) is 22.1. The number of anilines is 1. The molecule has 5 rings (SSSR count). The smallest absolute Gasteiger partial charge is 0.268 e. The second kappa shape index (κ2) is 8.54. The second-order valence-electron chi connectivity index (χ2n) is 8.40. The Balaban J connectivity index is 1.57. The van der Waals surface area contributed by atoms with Gasteiger partial charge in [0.15, 0.2) is 4.87 Å². The summed E-state index contributed by atoms with van der Waals surface area (Å²) < 4.78 is 5.22. The summed E-state index contributed by atoms with van der Waals surface area (Å²) in [5.41, 5.74) is 4.62. The van der Waals surface area contributed by atoms with Crippen molar-refractivity contribution in [3.63, 3.8) is 0 Å². The molecule has 1 fully saturated rings. The average molecular weight is 470 g/mol. The SMILES string of the molecule is COc1ccc(C(=O)N2CCS[C@]23C(=O)N(Cc2cccc(C#N)c2)c2ccc(C)cc23)cc1. The molecule has 3 aromatic rings. The van der Waals surface area contributed by atoms with Gasteiger partial charge in [0.2, 0.25) is 0 Å². The molecule has 1 spiro atoms. The van der Waals surface area contributed by atoms with Gasteiger partial charge in [-0.25, -0.2) is 0 Å². The number of ether oxygens (including phenoxy) is 1. The first-order valence-corrected chi connectivity index (χ1v) is 12.0. The van der Waals surface area contributed by atoms with Crippen molar-refractivity contribution in [3.05, 3.63) is 94.5 Å². The van der Waals surface area contributed by atoms with E-state index < -0.39 is 4.87 Å². The van der Waals surface area contributed by atoms with E-state index in [0.29, 0.717) is 35.7 Å². The Kier molecular flexibility index (Phi) is 5.54. The Bertz CT molecular complexity index is 1330. The molecular weight excluding hydrogens is 446 g/mol. The molecule has 2 heterocycles. The van der Waals surface area contributed by atoms with Crippen LogP contribution >= 0.6 is 11.8 Å². The minimum absolute atomic E-state index is 0.125. The summed E-state index contributed by atoms with van der Waals surface area (Å²) in [5, 5.41) is 9.28. The fraction of sp³-hybridized carbons (Fsp3) is 0.222. The van der Waals surface area contributed by atoms with Gasteiger partial charge in [-0.15, -0.1) is 11.8 Å². The molecule has 2 aliphatic rings. The minimum Gasteiger partial charge on any atom is -0.497 e. The van der Waals surface area contributed by atoms with Crippen molar-refractivity contribution in [2.75, 3.05) is 24.3 Å². The molecule has 0 aromatic heterocycles. The molecule has 0 unspecified atom stereocenters. The molecule has 3 aromatic carbocycles. The Hall–Kier alpha value is -3.76. The zero-order valence-corrected chi connectivity index (χ0v) is 19.8. The van der Waals surface area contributed by atoms with Crippen molar-refractivity contribution in [1.82, 2.24) is 4.90 Å². The lowest BCUT2D eigenvalue weighted by Gasteiger charge is -2.33. The number of aryl methyl sites for hydroxylation is 1. The van der Waals surface area contributed by atoms with Crippen LogP contribution in [0, 0.1) is 18.3 Å². The van der Waals surface area contributed by atoms with Crippen LogP contribution in [0.15, 0.2) is 66.7 Å². The Morgan fingerprint density at radius 2 is 1.94 bits per heavy atom. The fourth-order valence-corrected chi connectivity index (χ4v) is 6.15. The van der Waals surface area contributed by atoms with Crippen LogP contribution in [0.2, 0.25) is 0 Å². The van der Waals surface area contributed by atoms with Gasteiger partial charge in [0.1, 0.15) is 5.75 Å². The predicted molar refractivity (Wildman–Crippen MR) is 132 cm³/mol. The van der Waals surface area contributed by atoms with Gasteiger partial charge in [0.05, 0.1) is 31.0 Å². The number of methoxy groups -OCH3 is 1. The van der Waals surface area contributed by atoms with Crippen molar-refractivity contribution >= 4 is 29.3 Å². The number of hydrogen-bond acceptors (Lipinski definition) is 5. The lowest BCUT2D eigenvalue weighted by Crippen LogP contribution is -2.50. The number of benzene rings is 3. The van der Waals surface area contributed by atoms with Crippen LogP contribution in [0.25, 0.3) is 0 Å². The highest BCUT2D eigenvalue weighted by atomic mass is 32.2. The molecule has 1 saturated heterocycles. The van der Waals surface area contributed by atoms with E-state index in [9.17, 15) is 14.9 Å². The van der Waals surface area contributed by atoms with E-state index in [2.05, 4.69) is 6.07 Å². The van der Waals surface area contributed by atoms with Crippen LogP contribution < -0.4 is 9.64 Å². The largest absolute Gasteiger partial charge is 0.497 e. The Labute approximate surface area is 202 Å². The van der Waals surface area contributed by atoms with Gasteiger partial charge in [-0.1, -0.05) is 29.8 Å². The van der Waals surface area contributed by atoms with E-state index in [1.165, 1.54) is 11.8 Å². The standard InChI is InChI=1S/C27H23N3O3S/c1-18-6-11-24-23(14-18)27(26(32)29(24)17-20-5-3-4-19(15-20)16-28)30(12-13-34-27)25(31)21-7-9-22(33-2)10-8-21/h3-11,14-15H,12-13,17H2,1-2H3/t27-/m1/s1. The molecule has 0 bridgehead atoms. The predicted octanol–water partition coefficient (Wildman–Crippen LogP) is 4.46. The van der Waals surface area contributed by atoms with Crippen molar-refractivity contribution in [2.24, 2.45) is 0 Å². The van der Waals surface area contributed by atoms with Gasteiger partial charge in [-0.05, 0) is 55.0 Å². The van der Waals surface area contributed by atoms with Crippen molar-refractivity contribution < 1.29 is 14.3 Å². The van der Waals surface area contributed by atoms with E-state index >= 15 is 0 Å². The van der Waals surface area contributed by atoms with Crippen LogP contribution in [0.3, 0.4) is 0 Å². The molecule has 0 N–H and O–H groups in total. The van der Waals surface area contributed by atoms with Crippen LogP contribution in [0.1, 0.15) is 32.6 Å². The molecule has 170 valence electrons. The second-order valence-corrected chi connectivity index (χ2v) is 9.69. The van der Waals surface area contributed by atoms with Gasteiger partial charge < -0.3 is 14.5 Å². The molecule has 6 nitrogen and oxygen atoms in total. The Morgan fingerprint density at radius 3 is 2.68 bits per heavy atom. The minimum atomic E-state index is -1.11. The summed E-state index contributed by atoms with van der Waals surface area (Å²) in [6, 6.07) is 22.4. The topological polar surface area (TPSA) is 73.6 Å². The molecule has 2 amide bonds. The number of fused-ring (bicyclic) bond motifs is 2. The van der Waals surface area contributed by atoms with Gasteiger partial charge in [0.25, 0.3) is 11.8 Å². The first-order valence-electron chi connectivity index (χ1n) is 11.0. The third-order valence-corrected chi connectivity index (χ3v) is 7.75. The maximum absolute atomic E-state index is 14.1. The summed E-state index contributed by atoms with van der Waals surface area (Å²) in [6.45, 7) is 2.80. The number of thioether (sulfide) groups is 1. The molecule has 7 heteroatoms. The monoisotopic (exact) mass is 469 g/mol. The average Bonchev–Trinajstić information content (AvgIpc) is 3.41. The van der Waals surface area contributed by atoms with Crippen LogP contribution in [-0.2, 0) is 16.2 Å². The zero-order valence-electron chi connectivity index (χ0n) is 18.9. The number of rotatable bonds is 4. The molecular formula is C27H23N3O3S. The normalized spacial score (nSPS) is 18.8. The number of hydrogen-bond donors (Lipinski definition) is 0. The molecule has 0 saturated carbocycles. The third-order valence-electron chi connectivity index (χ3n) is 6.33. The highest BCUT2D eigenvalue weighted by Gasteiger charge is 2.59. The number of nitrogens with zero attached hydrogens (tertiary/aromatic N) is 3. The van der Waals surface area contributed by atoms with E-state index in [4.69, 9.17) is 4.74 Å². The van der Waals surface area contributed by atoms with E-state index in [1.807, 2.05) is 37.3 Å².